The van der Waals surface area contributed by atoms with Gasteiger partial charge in [0.05, 0.1) is 31.9 Å². The van der Waals surface area contributed by atoms with E-state index >= 15 is 0 Å². The Balaban J connectivity index is 0.00000272. The number of aryl methyl sites for hydroxylation is 1. The molecule has 0 amide bonds. The summed E-state index contributed by atoms with van der Waals surface area (Å²) in [5, 5.41) is 7.81. The zero-order valence-corrected chi connectivity index (χ0v) is 20.9. The molecule has 2 saturated heterocycles. The van der Waals surface area contributed by atoms with Crippen molar-refractivity contribution in [1.29, 1.82) is 0 Å². The summed E-state index contributed by atoms with van der Waals surface area (Å²) in [7, 11) is 1.94. The number of nitrogens with one attached hydrogen (secondary N) is 1. The van der Waals surface area contributed by atoms with Gasteiger partial charge in [-0.25, -0.2) is 0 Å². The molecule has 2 atom stereocenters. The van der Waals surface area contributed by atoms with Crippen molar-refractivity contribution in [2.24, 2.45) is 12.0 Å². The molecule has 2 aromatic rings. The number of morpholine rings is 1. The molecule has 3 heterocycles. The van der Waals surface area contributed by atoms with Gasteiger partial charge in [-0.2, -0.15) is 5.10 Å². The summed E-state index contributed by atoms with van der Waals surface area (Å²) in [5.74, 6) is 0.981. The third-order valence-corrected chi connectivity index (χ3v) is 5.98. The molecule has 2 aliphatic rings. The van der Waals surface area contributed by atoms with Crippen LogP contribution in [-0.2, 0) is 11.8 Å². The van der Waals surface area contributed by atoms with Crippen LogP contribution in [-0.4, -0.2) is 71.4 Å². The van der Waals surface area contributed by atoms with Gasteiger partial charge in [0.25, 0.3) is 0 Å². The first-order valence-electron chi connectivity index (χ1n) is 11.2. The quantitative estimate of drug-likeness (QED) is 0.348. The highest BCUT2D eigenvalue weighted by Crippen LogP contribution is 2.26. The van der Waals surface area contributed by atoms with Crippen LogP contribution in [0.4, 0.5) is 0 Å². The zero-order valence-electron chi connectivity index (χ0n) is 18.6. The lowest BCUT2D eigenvalue weighted by molar-refractivity contribution is -0.00808. The van der Waals surface area contributed by atoms with Crippen LogP contribution in [0.2, 0.25) is 0 Å². The van der Waals surface area contributed by atoms with Gasteiger partial charge in [0, 0.05) is 31.9 Å². The van der Waals surface area contributed by atoms with Crippen molar-refractivity contribution in [3.8, 4) is 0 Å². The average Bonchev–Trinajstić information content (AvgIpc) is 3.46. The second-order valence-electron chi connectivity index (χ2n) is 8.12. The molecule has 8 heteroatoms. The van der Waals surface area contributed by atoms with Crippen molar-refractivity contribution >= 4 is 29.9 Å². The molecule has 31 heavy (non-hydrogen) atoms. The lowest BCUT2D eigenvalue weighted by atomic mass is 10.1. The number of halogens is 1. The first kappa shape index (κ1) is 24.0. The van der Waals surface area contributed by atoms with Gasteiger partial charge in [0.15, 0.2) is 5.96 Å². The van der Waals surface area contributed by atoms with E-state index in [1.54, 1.807) is 0 Å². The van der Waals surface area contributed by atoms with Crippen LogP contribution in [0.3, 0.4) is 0 Å². The lowest BCUT2D eigenvalue weighted by Crippen LogP contribution is -2.48. The van der Waals surface area contributed by atoms with Gasteiger partial charge in [0.1, 0.15) is 6.10 Å². The van der Waals surface area contributed by atoms with Crippen molar-refractivity contribution in [2.45, 2.75) is 31.9 Å². The fourth-order valence-electron chi connectivity index (χ4n) is 4.41. The van der Waals surface area contributed by atoms with Gasteiger partial charge in [-0.1, -0.05) is 30.3 Å². The molecular formula is C23H35IN6O. The lowest BCUT2D eigenvalue weighted by Gasteiger charge is -2.35. The largest absolute Gasteiger partial charge is 0.370 e. The Bertz CT molecular complexity index is 820. The highest BCUT2D eigenvalue weighted by Gasteiger charge is 2.27. The van der Waals surface area contributed by atoms with E-state index in [0.29, 0.717) is 12.6 Å². The maximum Gasteiger partial charge on any atom is 0.194 e. The standard InChI is InChI=1S/C23H34N6O.HI/c1-3-24-23(29-13-14-30-22(18-29)20-15-26-27(2)17-20)25-16-21(28-11-7-8-12-28)19-9-5-4-6-10-19;/h4-6,9-10,15,17,21-22H,3,7-8,11-14,16,18H2,1-2H3,(H,24,25);1H. The summed E-state index contributed by atoms with van der Waals surface area (Å²) in [4.78, 5) is 10.0. The number of hydrogen-bond donors (Lipinski definition) is 1. The number of nitrogens with zero attached hydrogens (tertiary/aromatic N) is 5. The third-order valence-electron chi connectivity index (χ3n) is 5.98. The van der Waals surface area contributed by atoms with E-state index in [0.717, 1.165) is 50.8 Å². The van der Waals surface area contributed by atoms with Crippen molar-refractivity contribution in [1.82, 2.24) is 24.9 Å². The molecule has 2 aliphatic heterocycles. The molecule has 0 spiro atoms. The van der Waals surface area contributed by atoms with Crippen LogP contribution in [0.5, 0.6) is 0 Å². The SMILES string of the molecule is CCNC(=NCC(c1ccccc1)N1CCCC1)N1CCOC(c2cnn(C)c2)C1.I. The third kappa shape index (κ3) is 6.20. The van der Waals surface area contributed by atoms with Gasteiger partial charge in [-0.05, 0) is 38.4 Å². The maximum absolute atomic E-state index is 6.03. The van der Waals surface area contributed by atoms with Crippen LogP contribution in [0.1, 0.15) is 43.0 Å². The fraction of sp³-hybridized carbons (Fsp3) is 0.565. The Morgan fingerprint density at radius 1 is 1.23 bits per heavy atom. The van der Waals surface area contributed by atoms with Gasteiger partial charge in [0.2, 0.25) is 0 Å². The molecule has 2 fully saturated rings. The monoisotopic (exact) mass is 538 g/mol. The smallest absolute Gasteiger partial charge is 0.194 e. The summed E-state index contributed by atoms with van der Waals surface area (Å²) in [5.41, 5.74) is 2.48. The fourth-order valence-corrected chi connectivity index (χ4v) is 4.41. The number of benzene rings is 1. The number of aliphatic imine (C=N–C) groups is 1. The predicted molar refractivity (Wildman–Crippen MR) is 135 cm³/mol. The Labute approximate surface area is 202 Å². The normalized spacial score (nSPS) is 21.0. The van der Waals surface area contributed by atoms with Crippen LogP contribution in [0.25, 0.3) is 0 Å². The molecule has 1 aromatic carbocycles. The van der Waals surface area contributed by atoms with Crippen LogP contribution in [0.15, 0.2) is 47.7 Å². The number of aromatic nitrogens is 2. The number of guanidine groups is 1. The first-order chi connectivity index (χ1) is 14.7. The van der Waals surface area contributed by atoms with Gasteiger partial charge >= 0.3 is 0 Å². The summed E-state index contributed by atoms with van der Waals surface area (Å²) in [6.45, 7) is 8.40. The van der Waals surface area contributed by atoms with E-state index in [-0.39, 0.29) is 30.1 Å². The molecular weight excluding hydrogens is 503 g/mol. The van der Waals surface area contributed by atoms with E-state index in [1.165, 1.54) is 18.4 Å². The highest BCUT2D eigenvalue weighted by atomic mass is 127. The average molecular weight is 538 g/mol. The molecule has 0 radical (unpaired) electrons. The Kier molecular flexibility index (Phi) is 9.15. The van der Waals surface area contributed by atoms with E-state index in [1.807, 2.05) is 24.1 Å². The van der Waals surface area contributed by atoms with E-state index in [2.05, 4.69) is 57.5 Å². The molecule has 2 unspecified atom stereocenters. The van der Waals surface area contributed by atoms with Crippen molar-refractivity contribution in [2.75, 3.05) is 45.9 Å². The summed E-state index contributed by atoms with van der Waals surface area (Å²) >= 11 is 0. The van der Waals surface area contributed by atoms with Crippen LogP contribution in [0, 0.1) is 0 Å². The zero-order chi connectivity index (χ0) is 20.8. The topological polar surface area (TPSA) is 57.9 Å². The van der Waals surface area contributed by atoms with Crippen LogP contribution < -0.4 is 5.32 Å². The molecule has 7 nitrogen and oxygen atoms in total. The minimum absolute atomic E-state index is 0. The molecule has 0 aliphatic carbocycles. The van der Waals surface area contributed by atoms with Crippen molar-refractivity contribution in [3.05, 3.63) is 53.9 Å². The minimum Gasteiger partial charge on any atom is -0.370 e. The maximum atomic E-state index is 6.03. The van der Waals surface area contributed by atoms with E-state index in [9.17, 15) is 0 Å². The highest BCUT2D eigenvalue weighted by molar-refractivity contribution is 14.0. The summed E-state index contributed by atoms with van der Waals surface area (Å²) in [6, 6.07) is 11.2. The van der Waals surface area contributed by atoms with Gasteiger partial charge in [-0.15, -0.1) is 24.0 Å². The molecule has 0 bridgehead atoms. The second-order valence-corrected chi connectivity index (χ2v) is 8.12. The summed E-state index contributed by atoms with van der Waals surface area (Å²) in [6.07, 6.45) is 6.53. The van der Waals surface area contributed by atoms with Gasteiger partial charge in [-0.3, -0.25) is 14.6 Å². The number of hydrogen-bond acceptors (Lipinski definition) is 4. The second kappa shape index (κ2) is 11.8. The molecule has 0 saturated carbocycles. The van der Waals surface area contributed by atoms with Crippen molar-refractivity contribution in [3.63, 3.8) is 0 Å². The van der Waals surface area contributed by atoms with Gasteiger partial charge < -0.3 is 15.0 Å². The summed E-state index contributed by atoms with van der Waals surface area (Å²) < 4.78 is 7.86. The van der Waals surface area contributed by atoms with Crippen LogP contribution >= 0.6 is 24.0 Å². The van der Waals surface area contributed by atoms with Crippen molar-refractivity contribution < 1.29 is 4.74 Å². The number of rotatable bonds is 6. The van der Waals surface area contributed by atoms with E-state index in [4.69, 9.17) is 9.73 Å². The molecule has 1 aromatic heterocycles. The Morgan fingerprint density at radius 2 is 2.00 bits per heavy atom. The molecule has 4 rings (SSSR count). The predicted octanol–water partition coefficient (Wildman–Crippen LogP) is 3.21. The minimum atomic E-state index is 0. The molecule has 170 valence electrons. The van der Waals surface area contributed by atoms with E-state index < -0.39 is 0 Å². The molecule has 1 N–H and O–H groups in total. The first-order valence-corrected chi connectivity index (χ1v) is 11.2. The number of likely N-dealkylation sites (tertiary alicyclic amines) is 1. The number of ether oxygens (including phenoxy) is 1. The Morgan fingerprint density at radius 3 is 2.68 bits per heavy atom. The Hall–Kier alpha value is -1.65.